The summed E-state index contributed by atoms with van der Waals surface area (Å²) in [6.07, 6.45) is 0. The Labute approximate surface area is 146 Å². The molecule has 1 fully saturated rings. The number of anilines is 1. The molecular weight excluding hydrogens is 297 g/mol. The molecule has 0 aliphatic carbocycles. The number of piperazine rings is 1. The Morgan fingerprint density at radius 2 is 1.72 bits per heavy atom. The third-order valence-electron chi connectivity index (χ3n) is 2.31. The average molecular weight is 312 g/mol. The molecule has 1 heterocycles. The van der Waals surface area contributed by atoms with Crippen molar-refractivity contribution < 1.29 is 29.6 Å². The fourth-order valence-corrected chi connectivity index (χ4v) is 1.70. The largest absolute Gasteiger partial charge is 1.00 e. The van der Waals surface area contributed by atoms with Gasteiger partial charge in [-0.1, -0.05) is 15.9 Å². The van der Waals surface area contributed by atoms with E-state index in [4.69, 9.17) is 11.6 Å². The van der Waals surface area contributed by atoms with Crippen molar-refractivity contribution in [2.24, 2.45) is 5.73 Å². The van der Waals surface area contributed by atoms with Crippen LogP contribution in [0.2, 0.25) is 5.02 Å². The summed E-state index contributed by atoms with van der Waals surface area (Å²) >= 11 is 14.1. The van der Waals surface area contributed by atoms with E-state index in [2.05, 4.69) is 52.9 Å². The topological polar surface area (TPSA) is 41.3 Å². The van der Waals surface area contributed by atoms with Crippen LogP contribution < -0.4 is 45.5 Å². The number of rotatable bonds is 1. The minimum Gasteiger partial charge on any atom is -0.415 e. The number of hydrogen-bond donors (Lipinski definition) is 2. The van der Waals surface area contributed by atoms with Gasteiger partial charge in [-0.15, -0.1) is 0 Å². The van der Waals surface area contributed by atoms with Crippen LogP contribution in [0.5, 0.6) is 0 Å². The number of halogens is 1. The molecule has 0 saturated carbocycles. The molecule has 1 aliphatic rings. The van der Waals surface area contributed by atoms with Crippen LogP contribution in [0.4, 0.5) is 5.69 Å². The van der Waals surface area contributed by atoms with Crippen LogP contribution in [0.25, 0.3) is 0 Å². The molecule has 0 atom stereocenters. The first-order valence-electron chi connectivity index (χ1n) is 5.27. The predicted molar refractivity (Wildman–Crippen MR) is 80.7 cm³/mol. The zero-order valence-corrected chi connectivity index (χ0v) is 14.7. The third kappa shape index (κ3) is 7.74. The smallest absolute Gasteiger partial charge is 0.415 e. The van der Waals surface area contributed by atoms with E-state index < -0.39 is 0 Å². The first-order valence-corrected chi connectivity index (χ1v) is 6.46. The molecule has 1 aromatic rings. The van der Waals surface area contributed by atoms with Crippen LogP contribution in [0.3, 0.4) is 0 Å². The van der Waals surface area contributed by atoms with E-state index in [0.717, 1.165) is 31.2 Å². The van der Waals surface area contributed by atoms with Crippen molar-refractivity contribution in [3.05, 3.63) is 29.3 Å². The van der Waals surface area contributed by atoms with Gasteiger partial charge in [0.2, 0.25) is 0 Å². The van der Waals surface area contributed by atoms with Gasteiger partial charge in [0.1, 0.15) is 0 Å². The van der Waals surface area contributed by atoms with Gasteiger partial charge in [-0.2, -0.15) is 0 Å². The third-order valence-corrected chi connectivity index (χ3v) is 2.56. The molecule has 1 saturated heterocycles. The number of nitrogens with two attached hydrogens (primary N) is 1. The summed E-state index contributed by atoms with van der Waals surface area (Å²) < 4.78 is 0.0833. The van der Waals surface area contributed by atoms with Crippen molar-refractivity contribution in [3.8, 4) is 0 Å². The van der Waals surface area contributed by atoms with Gasteiger partial charge in [0.15, 0.2) is 0 Å². The molecule has 0 bridgehead atoms. The van der Waals surface area contributed by atoms with Gasteiger partial charge in [0, 0.05) is 36.9 Å². The molecule has 2 rings (SSSR count). The van der Waals surface area contributed by atoms with Crippen LogP contribution >= 0.6 is 23.8 Å². The SMILES string of the molecule is Clc1ccc(N2CCNCC2)cc1.NC(=S)[S-].[Na+]. The van der Waals surface area contributed by atoms with Crippen LogP contribution in [0.15, 0.2) is 24.3 Å². The molecule has 0 amide bonds. The van der Waals surface area contributed by atoms with Gasteiger partial charge in [-0.05, 0) is 24.3 Å². The van der Waals surface area contributed by atoms with Gasteiger partial charge in [0.25, 0.3) is 0 Å². The molecular formula is C11H15ClN3NaS2. The van der Waals surface area contributed by atoms with Crippen LogP contribution in [0.1, 0.15) is 0 Å². The molecule has 3 nitrogen and oxygen atoms in total. The predicted octanol–water partition coefficient (Wildman–Crippen LogP) is -1.47. The summed E-state index contributed by atoms with van der Waals surface area (Å²) in [6.45, 7) is 4.31. The molecule has 1 aliphatic heterocycles. The van der Waals surface area contributed by atoms with E-state index in [0.29, 0.717) is 0 Å². The Bertz CT molecular complexity index is 352. The summed E-state index contributed by atoms with van der Waals surface area (Å²) in [5.74, 6) is 0. The summed E-state index contributed by atoms with van der Waals surface area (Å²) in [5, 5.41) is 4.13. The van der Waals surface area contributed by atoms with E-state index in [-0.39, 0.29) is 33.9 Å². The minimum atomic E-state index is 0. The first kappa shape index (κ1) is 18.4. The van der Waals surface area contributed by atoms with Crippen LogP contribution in [0, 0.1) is 0 Å². The molecule has 0 unspecified atom stereocenters. The molecule has 0 aromatic heterocycles. The van der Waals surface area contributed by atoms with Crippen molar-refractivity contribution in [2.45, 2.75) is 0 Å². The summed E-state index contributed by atoms with van der Waals surface area (Å²) in [6, 6.07) is 8.04. The van der Waals surface area contributed by atoms with Crippen molar-refractivity contribution in [2.75, 3.05) is 31.1 Å². The van der Waals surface area contributed by atoms with Crippen molar-refractivity contribution in [3.63, 3.8) is 0 Å². The number of benzene rings is 1. The quantitative estimate of drug-likeness (QED) is 0.377. The molecule has 0 spiro atoms. The first-order chi connectivity index (χ1) is 8.09. The number of thiocarbonyl (C=S) groups is 1. The van der Waals surface area contributed by atoms with E-state index in [1.54, 1.807) is 0 Å². The number of nitrogens with zero attached hydrogens (tertiary/aromatic N) is 1. The molecule has 7 heteroatoms. The average Bonchev–Trinajstić information content (AvgIpc) is 2.30. The number of nitrogens with one attached hydrogen (secondary N) is 1. The molecule has 3 N–H and O–H groups in total. The fraction of sp³-hybridized carbons (Fsp3) is 0.364. The van der Waals surface area contributed by atoms with Gasteiger partial charge in [-0.25, -0.2) is 0 Å². The number of hydrogen-bond acceptors (Lipinski definition) is 4. The Hall–Kier alpha value is 0.380. The fourth-order valence-electron chi connectivity index (χ4n) is 1.57. The normalized spacial score (nSPS) is 13.9. The maximum atomic E-state index is 5.82. The molecule has 18 heavy (non-hydrogen) atoms. The van der Waals surface area contributed by atoms with E-state index in [9.17, 15) is 0 Å². The Kier molecular flexibility index (Phi) is 10.4. The summed E-state index contributed by atoms with van der Waals surface area (Å²) in [7, 11) is 0. The van der Waals surface area contributed by atoms with Crippen molar-refractivity contribution in [1.29, 1.82) is 0 Å². The maximum absolute atomic E-state index is 5.82. The van der Waals surface area contributed by atoms with Crippen molar-refractivity contribution >= 4 is 46.5 Å². The summed E-state index contributed by atoms with van der Waals surface area (Å²) in [5.41, 5.74) is 5.93. The van der Waals surface area contributed by atoms with Crippen molar-refractivity contribution in [1.82, 2.24) is 5.32 Å². The van der Waals surface area contributed by atoms with Crippen LogP contribution in [-0.2, 0) is 12.6 Å². The molecule has 1 aromatic carbocycles. The Morgan fingerprint density at radius 1 is 1.28 bits per heavy atom. The van der Waals surface area contributed by atoms with Gasteiger partial charge in [0.05, 0.1) is 0 Å². The second-order valence-electron chi connectivity index (χ2n) is 3.53. The van der Waals surface area contributed by atoms with Gasteiger partial charge in [-0.3, -0.25) is 0 Å². The second kappa shape index (κ2) is 10.2. The molecule has 0 radical (unpaired) electrons. The van der Waals surface area contributed by atoms with E-state index in [1.807, 2.05) is 12.1 Å². The zero-order valence-electron chi connectivity index (χ0n) is 10.4. The monoisotopic (exact) mass is 311 g/mol. The van der Waals surface area contributed by atoms with Crippen LogP contribution in [-0.4, -0.2) is 30.5 Å². The Balaban J connectivity index is 0.000000512. The second-order valence-corrected chi connectivity index (χ2v) is 5.11. The molecule has 94 valence electrons. The maximum Gasteiger partial charge on any atom is 1.00 e. The van der Waals surface area contributed by atoms with Gasteiger partial charge < -0.3 is 40.8 Å². The Morgan fingerprint density at radius 3 is 2.17 bits per heavy atom. The minimum absolute atomic E-state index is 0. The zero-order chi connectivity index (χ0) is 12.7. The standard InChI is InChI=1S/C10H13ClN2.CH3NS2.Na/c11-9-1-3-10(4-2-9)13-7-5-12-6-8-13;2-1(3)4;/h1-4,12H,5-8H2;(H3,2,3,4);/q;;+1/p-1. The van der Waals surface area contributed by atoms with Gasteiger partial charge >= 0.3 is 29.6 Å². The van der Waals surface area contributed by atoms with E-state index in [1.165, 1.54) is 5.69 Å². The van der Waals surface area contributed by atoms with E-state index >= 15 is 0 Å². The summed E-state index contributed by atoms with van der Waals surface area (Å²) in [4.78, 5) is 2.37.